The SMILES string of the molecule is Cc1ccccc1C1(Br)[CH]C(Br)=CC(S(=O)(=O)C(F)(F)C(F)(F)C(F)(F)F)=C1. The molecule has 2 rings (SSSR count). The summed E-state index contributed by atoms with van der Waals surface area (Å²) in [6.45, 7) is 1.62. The second-order valence-electron chi connectivity index (χ2n) is 5.90. The first-order valence-corrected chi connectivity index (χ1v) is 10.3. The van der Waals surface area contributed by atoms with Crippen LogP contribution in [0.15, 0.2) is 45.8 Å². The van der Waals surface area contributed by atoms with Crippen molar-refractivity contribution in [3.05, 3.63) is 63.4 Å². The van der Waals surface area contributed by atoms with Crippen LogP contribution in [0.1, 0.15) is 11.1 Å². The average molecular weight is 559 g/mol. The van der Waals surface area contributed by atoms with Crippen molar-refractivity contribution >= 4 is 41.7 Å². The zero-order chi connectivity index (χ0) is 21.8. The Bertz CT molecular complexity index is 952. The van der Waals surface area contributed by atoms with Crippen LogP contribution in [0.2, 0.25) is 0 Å². The highest BCUT2D eigenvalue weighted by atomic mass is 79.9. The van der Waals surface area contributed by atoms with Gasteiger partial charge >= 0.3 is 17.4 Å². The predicted octanol–water partition coefficient (Wildman–Crippen LogP) is 6.17. The lowest BCUT2D eigenvalue weighted by Crippen LogP contribution is -2.56. The van der Waals surface area contributed by atoms with Crippen LogP contribution in [-0.4, -0.2) is 25.8 Å². The summed E-state index contributed by atoms with van der Waals surface area (Å²) in [4.78, 5) is -1.39. The van der Waals surface area contributed by atoms with Gasteiger partial charge in [-0.1, -0.05) is 56.1 Å². The first-order chi connectivity index (χ1) is 12.5. The standard InChI is InChI=1S/C16H10Br2F7O2S/c1-9-4-2-3-5-12(9)13(18)7-10(17)6-11(8-13)28(26,27)16(24,25)14(19,20)15(21,22)23/h2-8H,1H3. The highest BCUT2D eigenvalue weighted by Gasteiger charge is 2.79. The van der Waals surface area contributed by atoms with Crippen LogP contribution in [0.5, 0.6) is 0 Å². The van der Waals surface area contributed by atoms with Crippen molar-refractivity contribution in [2.45, 2.75) is 28.6 Å². The van der Waals surface area contributed by atoms with Gasteiger partial charge in [0, 0.05) is 10.9 Å². The molecule has 0 fully saturated rings. The molecule has 12 heteroatoms. The lowest BCUT2D eigenvalue weighted by molar-refractivity contribution is -0.331. The van der Waals surface area contributed by atoms with E-state index in [9.17, 15) is 39.2 Å². The van der Waals surface area contributed by atoms with E-state index in [2.05, 4.69) is 31.9 Å². The van der Waals surface area contributed by atoms with Crippen molar-refractivity contribution < 1.29 is 39.2 Å². The Morgan fingerprint density at radius 3 is 2.04 bits per heavy atom. The molecule has 0 bridgehead atoms. The van der Waals surface area contributed by atoms with Gasteiger partial charge in [0.05, 0.1) is 9.23 Å². The zero-order valence-corrected chi connectivity index (χ0v) is 17.7. The summed E-state index contributed by atoms with van der Waals surface area (Å²) < 4.78 is 114. The number of rotatable bonds is 4. The van der Waals surface area contributed by atoms with Gasteiger partial charge in [-0.05, 0) is 30.2 Å². The highest BCUT2D eigenvalue weighted by molar-refractivity contribution is 9.12. The van der Waals surface area contributed by atoms with E-state index in [-0.39, 0.29) is 4.48 Å². The molecule has 0 N–H and O–H groups in total. The quantitative estimate of drug-likeness (QED) is 0.327. The second kappa shape index (κ2) is 7.12. The van der Waals surface area contributed by atoms with E-state index in [4.69, 9.17) is 0 Å². The normalized spacial score (nSPS) is 21.9. The number of sulfone groups is 1. The topological polar surface area (TPSA) is 34.1 Å². The van der Waals surface area contributed by atoms with Gasteiger partial charge in [-0.2, -0.15) is 30.7 Å². The molecule has 2 nitrogen and oxygen atoms in total. The summed E-state index contributed by atoms with van der Waals surface area (Å²) in [5, 5.41) is -6.43. The molecule has 28 heavy (non-hydrogen) atoms. The minimum atomic E-state index is -6.79. The lowest BCUT2D eigenvalue weighted by Gasteiger charge is -2.32. The van der Waals surface area contributed by atoms with E-state index < -0.39 is 36.4 Å². The second-order valence-corrected chi connectivity index (χ2v) is 10.1. The number of halogens is 9. The molecule has 1 aliphatic rings. The number of allylic oxidation sites excluding steroid dienone is 3. The van der Waals surface area contributed by atoms with Crippen molar-refractivity contribution in [1.29, 1.82) is 0 Å². The maximum absolute atomic E-state index is 14.0. The minimum absolute atomic E-state index is 0.111. The molecule has 1 aliphatic carbocycles. The monoisotopic (exact) mass is 557 g/mol. The summed E-state index contributed by atoms with van der Waals surface area (Å²) in [7, 11) is -6.43. The van der Waals surface area contributed by atoms with Gasteiger partial charge in [0.2, 0.25) is 9.84 Å². The molecule has 1 aromatic rings. The molecule has 0 saturated carbocycles. The van der Waals surface area contributed by atoms with E-state index in [0.717, 1.165) is 0 Å². The Kier molecular flexibility index (Phi) is 5.95. The molecule has 0 aliphatic heterocycles. The summed E-state index contributed by atoms with van der Waals surface area (Å²) in [5.74, 6) is -6.79. The van der Waals surface area contributed by atoms with Gasteiger partial charge < -0.3 is 0 Å². The Labute approximate surface area is 172 Å². The highest BCUT2D eigenvalue weighted by Crippen LogP contribution is 2.53. The fourth-order valence-corrected chi connectivity index (χ4v) is 5.99. The fraction of sp³-hybridized carbons (Fsp3) is 0.312. The van der Waals surface area contributed by atoms with Crippen molar-refractivity contribution in [3.63, 3.8) is 0 Å². The predicted molar refractivity (Wildman–Crippen MR) is 96.0 cm³/mol. The largest absolute Gasteiger partial charge is 0.461 e. The third-order valence-corrected chi connectivity index (χ3v) is 7.04. The molecular weight excluding hydrogens is 549 g/mol. The molecule has 1 radical (unpaired) electrons. The van der Waals surface area contributed by atoms with Gasteiger partial charge in [-0.3, -0.25) is 0 Å². The Balaban J connectivity index is 2.68. The summed E-state index contributed by atoms with van der Waals surface area (Å²) >= 11 is 6.05. The Morgan fingerprint density at radius 2 is 1.54 bits per heavy atom. The molecule has 1 aromatic carbocycles. The number of hydrogen-bond donors (Lipinski definition) is 0. The Hall–Kier alpha value is -0.880. The number of benzene rings is 1. The molecule has 0 spiro atoms. The van der Waals surface area contributed by atoms with E-state index >= 15 is 0 Å². The maximum atomic E-state index is 14.0. The zero-order valence-electron chi connectivity index (χ0n) is 13.7. The summed E-state index contributed by atoms with van der Waals surface area (Å²) in [5.41, 5.74) is 0.955. The van der Waals surface area contributed by atoms with Gasteiger partial charge in [-0.15, -0.1) is 0 Å². The molecule has 0 aromatic heterocycles. The first-order valence-electron chi connectivity index (χ1n) is 7.25. The number of aryl methyl sites for hydroxylation is 1. The van der Waals surface area contributed by atoms with Crippen LogP contribution >= 0.6 is 31.9 Å². The molecule has 1 unspecified atom stereocenters. The molecule has 0 heterocycles. The summed E-state index contributed by atoms with van der Waals surface area (Å²) in [6, 6.07) is 6.32. The van der Waals surface area contributed by atoms with Crippen LogP contribution in [0.25, 0.3) is 0 Å². The van der Waals surface area contributed by atoms with E-state index in [1.54, 1.807) is 25.1 Å². The molecule has 155 valence electrons. The van der Waals surface area contributed by atoms with Crippen LogP contribution in [0.3, 0.4) is 0 Å². The smallest absolute Gasteiger partial charge is 0.217 e. The molecule has 0 saturated heterocycles. The number of alkyl halides is 8. The third kappa shape index (κ3) is 3.67. The van der Waals surface area contributed by atoms with Gasteiger partial charge in [0.1, 0.15) is 0 Å². The Morgan fingerprint density at radius 1 is 1.00 bits per heavy atom. The van der Waals surface area contributed by atoms with Gasteiger partial charge in [-0.25, -0.2) is 8.42 Å². The molecular formula is C16H10Br2F7O2S. The van der Waals surface area contributed by atoms with Gasteiger partial charge in [0.15, 0.2) is 0 Å². The minimum Gasteiger partial charge on any atom is -0.217 e. The third-order valence-electron chi connectivity index (χ3n) is 3.91. The van der Waals surface area contributed by atoms with Crippen molar-refractivity contribution in [1.82, 2.24) is 0 Å². The maximum Gasteiger partial charge on any atom is 0.461 e. The van der Waals surface area contributed by atoms with Crippen molar-refractivity contribution in [3.8, 4) is 0 Å². The first kappa shape index (κ1) is 23.4. The van der Waals surface area contributed by atoms with E-state index in [1.807, 2.05) is 0 Å². The van der Waals surface area contributed by atoms with Crippen molar-refractivity contribution in [2.75, 3.05) is 0 Å². The fourth-order valence-electron chi connectivity index (χ4n) is 2.46. The average Bonchev–Trinajstić information content (AvgIpc) is 2.52. The van der Waals surface area contributed by atoms with Crippen LogP contribution in [0, 0.1) is 13.3 Å². The van der Waals surface area contributed by atoms with Crippen LogP contribution in [0.4, 0.5) is 30.7 Å². The van der Waals surface area contributed by atoms with E-state index in [1.165, 1.54) is 12.5 Å². The van der Waals surface area contributed by atoms with Crippen LogP contribution < -0.4 is 0 Å². The van der Waals surface area contributed by atoms with Crippen molar-refractivity contribution in [2.24, 2.45) is 0 Å². The molecule has 1 atom stereocenters. The van der Waals surface area contributed by atoms with Gasteiger partial charge in [0.25, 0.3) is 0 Å². The lowest BCUT2D eigenvalue weighted by atomic mass is 9.89. The van der Waals surface area contributed by atoms with E-state index in [0.29, 0.717) is 23.3 Å². The number of hydrogen-bond acceptors (Lipinski definition) is 2. The summed E-state index contributed by atoms with van der Waals surface area (Å²) in [6.07, 6.45) is -4.24. The molecule has 0 amide bonds. The van der Waals surface area contributed by atoms with Crippen LogP contribution in [-0.2, 0) is 14.2 Å².